The van der Waals surface area contributed by atoms with Gasteiger partial charge in [-0.2, -0.15) is 0 Å². The molecule has 0 radical (unpaired) electrons. The van der Waals surface area contributed by atoms with E-state index in [0.717, 1.165) is 11.0 Å². The Morgan fingerprint density at radius 1 is 1.29 bits per heavy atom. The number of pyridine rings is 1. The van der Waals surface area contributed by atoms with Crippen LogP contribution in [-0.4, -0.2) is 26.0 Å². The molecule has 0 aliphatic rings. The molecule has 2 N–H and O–H groups in total. The van der Waals surface area contributed by atoms with Crippen LogP contribution in [0, 0.1) is 13.8 Å². The maximum atomic E-state index is 12.3. The molecular weight excluding hydrogens is 306 g/mol. The van der Waals surface area contributed by atoms with Crippen LogP contribution in [0.15, 0.2) is 35.0 Å². The summed E-state index contributed by atoms with van der Waals surface area (Å²) in [5.74, 6) is 0.490. The van der Waals surface area contributed by atoms with Gasteiger partial charge in [0.15, 0.2) is 0 Å². The summed E-state index contributed by atoms with van der Waals surface area (Å²) in [7, 11) is 0. The molecule has 120 valence electrons. The molecule has 7 nitrogen and oxygen atoms in total. The minimum absolute atomic E-state index is 0.154. The van der Waals surface area contributed by atoms with Gasteiger partial charge >= 0.3 is 0 Å². The van der Waals surface area contributed by atoms with Crippen molar-refractivity contribution in [1.82, 2.24) is 25.4 Å². The molecule has 0 saturated carbocycles. The minimum atomic E-state index is -0.349. The number of benzene rings is 1. The Bertz CT molecular complexity index is 1020. The number of hydrogen-bond donors (Lipinski definition) is 2. The van der Waals surface area contributed by atoms with Gasteiger partial charge in [-0.15, -0.1) is 0 Å². The Morgan fingerprint density at radius 2 is 2.12 bits per heavy atom. The number of aromatic amines is 1. The van der Waals surface area contributed by atoms with E-state index >= 15 is 0 Å². The molecule has 0 bridgehead atoms. The first-order valence-electron chi connectivity index (χ1n) is 7.56. The number of aromatic nitrogens is 4. The van der Waals surface area contributed by atoms with Crippen LogP contribution in [0.2, 0.25) is 0 Å². The zero-order valence-electron chi connectivity index (χ0n) is 13.3. The Kier molecular flexibility index (Phi) is 3.26. The van der Waals surface area contributed by atoms with Crippen LogP contribution in [0.4, 0.5) is 0 Å². The van der Waals surface area contributed by atoms with Gasteiger partial charge in [0, 0.05) is 6.20 Å². The number of nitrogens with zero attached hydrogens (tertiary/aromatic N) is 3. The highest BCUT2D eigenvalue weighted by Gasteiger charge is 2.17. The van der Waals surface area contributed by atoms with Crippen LogP contribution in [-0.2, 0) is 6.54 Å². The van der Waals surface area contributed by atoms with Crippen LogP contribution >= 0.6 is 0 Å². The molecule has 7 heteroatoms. The Balaban J connectivity index is 1.55. The molecule has 0 unspecified atom stereocenters. The van der Waals surface area contributed by atoms with E-state index < -0.39 is 0 Å². The quantitative estimate of drug-likeness (QED) is 0.604. The molecule has 3 aromatic heterocycles. The van der Waals surface area contributed by atoms with Crippen LogP contribution in [0.1, 0.15) is 27.5 Å². The van der Waals surface area contributed by atoms with Crippen LogP contribution in [0.25, 0.3) is 22.1 Å². The molecule has 0 aliphatic heterocycles. The number of amides is 1. The second-order valence-corrected chi connectivity index (χ2v) is 5.71. The van der Waals surface area contributed by atoms with Gasteiger partial charge in [0.2, 0.25) is 11.4 Å². The first-order chi connectivity index (χ1) is 11.6. The topological polar surface area (TPSA) is 96.7 Å². The number of hydrogen-bond acceptors (Lipinski definition) is 5. The number of nitrogens with one attached hydrogen (secondary N) is 2. The third-order valence-electron chi connectivity index (χ3n) is 4.02. The highest BCUT2D eigenvalue weighted by atomic mass is 16.5. The largest absolute Gasteiger partial charge is 0.348 e. The molecule has 0 spiro atoms. The molecule has 1 amide bonds. The summed E-state index contributed by atoms with van der Waals surface area (Å²) in [5.41, 5.74) is 4.64. The van der Waals surface area contributed by atoms with Gasteiger partial charge in [0.1, 0.15) is 5.82 Å². The lowest BCUT2D eigenvalue weighted by Crippen LogP contribution is -2.23. The lowest BCUT2D eigenvalue weighted by atomic mass is 10.1. The van der Waals surface area contributed by atoms with Crippen molar-refractivity contribution in [2.24, 2.45) is 0 Å². The van der Waals surface area contributed by atoms with Crippen molar-refractivity contribution >= 4 is 28.0 Å². The average molecular weight is 321 g/mol. The van der Waals surface area contributed by atoms with E-state index in [4.69, 9.17) is 4.52 Å². The SMILES string of the molecule is Cc1cc2nc(CNC(=O)c3onc4ncccc34)[nH]c2cc1C. The lowest BCUT2D eigenvalue weighted by molar-refractivity contribution is 0.0915. The Hall–Kier alpha value is -3.22. The van der Waals surface area contributed by atoms with Crippen LogP contribution in [0.3, 0.4) is 0 Å². The van der Waals surface area contributed by atoms with Gasteiger partial charge in [-0.1, -0.05) is 5.16 Å². The van der Waals surface area contributed by atoms with Crippen LogP contribution < -0.4 is 5.32 Å². The number of carbonyl (C=O) groups is 1. The van der Waals surface area contributed by atoms with E-state index in [-0.39, 0.29) is 18.2 Å². The summed E-state index contributed by atoms with van der Waals surface area (Å²) < 4.78 is 5.10. The third-order valence-corrected chi connectivity index (χ3v) is 4.02. The van der Waals surface area contributed by atoms with E-state index in [9.17, 15) is 4.79 Å². The van der Waals surface area contributed by atoms with E-state index in [1.807, 2.05) is 13.0 Å². The van der Waals surface area contributed by atoms with Crippen molar-refractivity contribution in [3.8, 4) is 0 Å². The molecule has 0 fully saturated rings. The number of fused-ring (bicyclic) bond motifs is 2. The summed E-state index contributed by atoms with van der Waals surface area (Å²) in [6.07, 6.45) is 1.60. The second kappa shape index (κ2) is 5.45. The smallest absolute Gasteiger partial charge is 0.290 e. The van der Waals surface area contributed by atoms with Crippen molar-refractivity contribution in [3.63, 3.8) is 0 Å². The van der Waals surface area contributed by atoms with Crippen molar-refractivity contribution < 1.29 is 9.32 Å². The molecule has 4 aromatic rings. The molecule has 1 aromatic carbocycles. The predicted molar refractivity (Wildman–Crippen MR) is 88.5 cm³/mol. The summed E-state index contributed by atoms with van der Waals surface area (Å²) in [6.45, 7) is 4.38. The normalized spacial score (nSPS) is 11.2. The standard InChI is InChI=1S/C17H15N5O2/c1-9-6-12-13(7-10(9)2)21-14(20-12)8-19-17(23)15-11-4-3-5-18-16(11)22-24-15/h3-7H,8H2,1-2H3,(H,19,23)(H,20,21). The first-order valence-corrected chi connectivity index (χ1v) is 7.56. The summed E-state index contributed by atoms with van der Waals surface area (Å²) in [5, 5.41) is 7.16. The molecule has 0 atom stereocenters. The fraction of sp³-hybridized carbons (Fsp3) is 0.176. The highest BCUT2D eigenvalue weighted by Crippen LogP contribution is 2.18. The minimum Gasteiger partial charge on any atom is -0.348 e. The van der Waals surface area contributed by atoms with Gasteiger partial charge in [-0.3, -0.25) is 4.79 Å². The summed E-state index contributed by atoms with van der Waals surface area (Å²) >= 11 is 0. The fourth-order valence-corrected chi connectivity index (χ4v) is 2.60. The second-order valence-electron chi connectivity index (χ2n) is 5.71. The Labute approximate surface area is 137 Å². The molecule has 3 heterocycles. The summed E-state index contributed by atoms with van der Waals surface area (Å²) in [6, 6.07) is 7.57. The van der Waals surface area contributed by atoms with Gasteiger partial charge < -0.3 is 14.8 Å². The van der Waals surface area contributed by atoms with E-state index in [1.165, 1.54) is 11.1 Å². The zero-order chi connectivity index (χ0) is 16.7. The van der Waals surface area contributed by atoms with Crippen molar-refractivity contribution in [3.05, 3.63) is 53.2 Å². The number of rotatable bonds is 3. The number of imidazole rings is 1. The van der Waals surface area contributed by atoms with Gasteiger partial charge in [0.05, 0.1) is 23.0 Å². The van der Waals surface area contributed by atoms with Crippen LogP contribution in [0.5, 0.6) is 0 Å². The van der Waals surface area contributed by atoms with E-state index in [2.05, 4.69) is 38.4 Å². The molecule has 0 saturated heterocycles. The monoisotopic (exact) mass is 321 g/mol. The zero-order valence-corrected chi connectivity index (χ0v) is 13.3. The van der Waals surface area contributed by atoms with Crippen molar-refractivity contribution in [2.75, 3.05) is 0 Å². The van der Waals surface area contributed by atoms with Gasteiger partial charge in [0.25, 0.3) is 5.91 Å². The highest BCUT2D eigenvalue weighted by molar-refractivity contribution is 6.02. The molecule has 0 aliphatic carbocycles. The molecular formula is C17H15N5O2. The molecule has 24 heavy (non-hydrogen) atoms. The van der Waals surface area contributed by atoms with E-state index in [1.54, 1.807) is 18.3 Å². The lowest BCUT2D eigenvalue weighted by Gasteiger charge is -1.99. The maximum Gasteiger partial charge on any atom is 0.290 e. The number of aryl methyl sites for hydroxylation is 2. The Morgan fingerprint density at radius 3 is 3.00 bits per heavy atom. The maximum absolute atomic E-state index is 12.3. The summed E-state index contributed by atoms with van der Waals surface area (Å²) in [4.78, 5) is 24.1. The van der Waals surface area contributed by atoms with E-state index in [0.29, 0.717) is 16.9 Å². The predicted octanol–water partition coefficient (Wildman–Crippen LogP) is 2.65. The van der Waals surface area contributed by atoms with Gasteiger partial charge in [-0.05, 0) is 49.2 Å². The molecule has 4 rings (SSSR count). The third kappa shape index (κ3) is 2.40. The number of carbonyl (C=O) groups excluding carboxylic acids is 1. The van der Waals surface area contributed by atoms with Crippen molar-refractivity contribution in [1.29, 1.82) is 0 Å². The first kappa shape index (κ1) is 14.4. The van der Waals surface area contributed by atoms with Crippen molar-refractivity contribution in [2.45, 2.75) is 20.4 Å². The fourth-order valence-electron chi connectivity index (χ4n) is 2.60. The average Bonchev–Trinajstić information content (AvgIpc) is 3.17. The van der Waals surface area contributed by atoms with Gasteiger partial charge in [-0.25, -0.2) is 9.97 Å². The number of H-pyrrole nitrogens is 1.